The summed E-state index contributed by atoms with van der Waals surface area (Å²) < 4.78 is 0. The second-order valence-corrected chi connectivity index (χ2v) is 7.95. The van der Waals surface area contributed by atoms with Gasteiger partial charge in [0.05, 0.1) is 6.54 Å². The number of piperidine rings is 1. The van der Waals surface area contributed by atoms with E-state index in [9.17, 15) is 4.79 Å². The summed E-state index contributed by atoms with van der Waals surface area (Å²) in [5.74, 6) is 0.113. The molecule has 4 nitrogen and oxygen atoms in total. The summed E-state index contributed by atoms with van der Waals surface area (Å²) in [4.78, 5) is 14.9. The fourth-order valence-corrected chi connectivity index (χ4v) is 3.63. The molecule has 1 amide bonds. The molecule has 2 N–H and O–H groups in total. The molecule has 0 radical (unpaired) electrons. The summed E-state index contributed by atoms with van der Waals surface area (Å²) in [6, 6.07) is 20.7. The molecule has 1 fully saturated rings. The van der Waals surface area contributed by atoms with Gasteiger partial charge in [-0.05, 0) is 42.5 Å². The molecule has 1 aliphatic rings. The third kappa shape index (κ3) is 6.49. The molecule has 0 bridgehead atoms. The molecule has 0 saturated carbocycles. The largest absolute Gasteiger partial charge is 0.354 e. The highest BCUT2D eigenvalue weighted by Crippen LogP contribution is 2.26. The Balaban J connectivity index is 1.58. The maximum Gasteiger partial charge on any atom is 0.234 e. The Morgan fingerprint density at radius 1 is 0.963 bits per heavy atom. The van der Waals surface area contributed by atoms with Crippen LogP contribution < -0.4 is 10.6 Å². The maximum absolute atomic E-state index is 12.7. The van der Waals surface area contributed by atoms with Gasteiger partial charge in [-0.3, -0.25) is 9.69 Å². The van der Waals surface area contributed by atoms with Crippen molar-refractivity contribution in [1.82, 2.24) is 15.5 Å². The van der Waals surface area contributed by atoms with Crippen LogP contribution in [0.4, 0.5) is 0 Å². The standard InChI is InChI=1S/C23H31N3O/c1-23(12-14-24-15-13-23)19-25-22(27)18-26(16-20-8-4-2-5-9-20)17-21-10-6-3-7-11-21/h2-11,24H,12-19H2,1H3,(H,25,27). The molecule has 0 aromatic heterocycles. The Bertz CT molecular complexity index is 655. The number of carbonyl (C=O) groups excluding carboxylic acids is 1. The quantitative estimate of drug-likeness (QED) is 0.755. The monoisotopic (exact) mass is 365 g/mol. The number of carbonyl (C=O) groups is 1. The minimum Gasteiger partial charge on any atom is -0.354 e. The van der Waals surface area contributed by atoms with Crippen molar-refractivity contribution in [3.05, 3.63) is 71.8 Å². The lowest BCUT2D eigenvalue weighted by Gasteiger charge is -2.34. The van der Waals surface area contributed by atoms with Gasteiger partial charge in [0.15, 0.2) is 0 Å². The molecule has 144 valence electrons. The van der Waals surface area contributed by atoms with E-state index in [1.807, 2.05) is 36.4 Å². The Hall–Kier alpha value is -2.17. The molecule has 4 heteroatoms. The van der Waals surface area contributed by atoms with E-state index >= 15 is 0 Å². The lowest BCUT2D eigenvalue weighted by atomic mass is 9.81. The first kappa shape index (κ1) is 19.6. The van der Waals surface area contributed by atoms with E-state index in [1.54, 1.807) is 0 Å². The van der Waals surface area contributed by atoms with Crippen molar-refractivity contribution in [1.29, 1.82) is 0 Å². The van der Waals surface area contributed by atoms with Gasteiger partial charge >= 0.3 is 0 Å². The Kier molecular flexibility index (Phi) is 7.02. The molecule has 27 heavy (non-hydrogen) atoms. The van der Waals surface area contributed by atoms with Gasteiger partial charge in [-0.25, -0.2) is 0 Å². The lowest BCUT2D eigenvalue weighted by Crippen LogP contribution is -2.45. The number of rotatable bonds is 8. The summed E-state index contributed by atoms with van der Waals surface area (Å²) in [6.07, 6.45) is 2.23. The van der Waals surface area contributed by atoms with E-state index in [-0.39, 0.29) is 11.3 Å². The number of hydrogen-bond acceptors (Lipinski definition) is 3. The molecule has 1 heterocycles. The number of nitrogens with zero attached hydrogens (tertiary/aromatic N) is 1. The van der Waals surface area contributed by atoms with Crippen molar-refractivity contribution in [3.8, 4) is 0 Å². The highest BCUT2D eigenvalue weighted by atomic mass is 16.2. The van der Waals surface area contributed by atoms with Crippen molar-refractivity contribution in [3.63, 3.8) is 0 Å². The normalized spacial score (nSPS) is 16.2. The molecule has 1 saturated heterocycles. The van der Waals surface area contributed by atoms with Crippen molar-refractivity contribution in [2.24, 2.45) is 5.41 Å². The summed E-state index contributed by atoms with van der Waals surface area (Å²) in [6.45, 7) is 7.08. The molecular weight excluding hydrogens is 334 g/mol. The van der Waals surface area contributed by atoms with Gasteiger partial charge in [0, 0.05) is 19.6 Å². The van der Waals surface area contributed by atoms with Crippen LogP contribution in [0.15, 0.2) is 60.7 Å². The Morgan fingerprint density at radius 2 is 1.48 bits per heavy atom. The Morgan fingerprint density at radius 3 is 2.00 bits per heavy atom. The van der Waals surface area contributed by atoms with E-state index in [1.165, 1.54) is 11.1 Å². The molecule has 2 aromatic carbocycles. The molecule has 3 rings (SSSR count). The molecular formula is C23H31N3O. The van der Waals surface area contributed by atoms with E-state index in [2.05, 4.69) is 46.7 Å². The van der Waals surface area contributed by atoms with Gasteiger partial charge in [0.2, 0.25) is 5.91 Å². The van der Waals surface area contributed by atoms with Gasteiger partial charge in [0.1, 0.15) is 0 Å². The zero-order valence-corrected chi connectivity index (χ0v) is 16.3. The highest BCUT2D eigenvalue weighted by molar-refractivity contribution is 5.78. The van der Waals surface area contributed by atoms with Crippen LogP contribution in [0.2, 0.25) is 0 Å². The van der Waals surface area contributed by atoms with Gasteiger partial charge < -0.3 is 10.6 Å². The molecule has 0 unspecified atom stereocenters. The minimum absolute atomic E-state index is 0.113. The minimum atomic E-state index is 0.113. The zero-order chi connectivity index (χ0) is 19.0. The van der Waals surface area contributed by atoms with Gasteiger partial charge in [-0.15, -0.1) is 0 Å². The number of hydrogen-bond donors (Lipinski definition) is 2. The predicted molar refractivity (Wildman–Crippen MR) is 110 cm³/mol. The fraction of sp³-hybridized carbons (Fsp3) is 0.435. The summed E-state index contributed by atoms with van der Waals surface area (Å²) >= 11 is 0. The predicted octanol–water partition coefficient (Wildman–Crippen LogP) is 3.19. The van der Waals surface area contributed by atoms with E-state index in [4.69, 9.17) is 0 Å². The lowest BCUT2D eigenvalue weighted by molar-refractivity contribution is -0.123. The third-order valence-corrected chi connectivity index (χ3v) is 5.39. The summed E-state index contributed by atoms with van der Waals surface area (Å²) in [7, 11) is 0. The zero-order valence-electron chi connectivity index (χ0n) is 16.3. The number of amides is 1. The van der Waals surface area contributed by atoms with Gasteiger partial charge in [0.25, 0.3) is 0 Å². The van der Waals surface area contributed by atoms with Crippen molar-refractivity contribution in [2.45, 2.75) is 32.9 Å². The van der Waals surface area contributed by atoms with E-state index in [0.29, 0.717) is 6.54 Å². The molecule has 0 aliphatic carbocycles. The average molecular weight is 366 g/mol. The van der Waals surface area contributed by atoms with Crippen LogP contribution in [0.25, 0.3) is 0 Å². The molecule has 0 atom stereocenters. The number of nitrogens with one attached hydrogen (secondary N) is 2. The fourth-order valence-electron chi connectivity index (χ4n) is 3.63. The third-order valence-electron chi connectivity index (χ3n) is 5.39. The van der Waals surface area contributed by atoms with Crippen molar-refractivity contribution < 1.29 is 4.79 Å². The first-order valence-corrected chi connectivity index (χ1v) is 9.91. The Labute approximate surface area is 163 Å². The van der Waals surface area contributed by atoms with Crippen molar-refractivity contribution >= 4 is 5.91 Å². The smallest absolute Gasteiger partial charge is 0.234 e. The number of benzene rings is 2. The topological polar surface area (TPSA) is 44.4 Å². The summed E-state index contributed by atoms with van der Waals surface area (Å²) in [5.41, 5.74) is 2.67. The van der Waals surface area contributed by atoms with Crippen LogP contribution in [-0.2, 0) is 17.9 Å². The average Bonchev–Trinajstić information content (AvgIpc) is 2.69. The maximum atomic E-state index is 12.7. The van der Waals surface area contributed by atoms with Crippen LogP contribution in [0.3, 0.4) is 0 Å². The first-order chi connectivity index (χ1) is 13.1. The van der Waals surface area contributed by atoms with Gasteiger partial charge in [-0.1, -0.05) is 67.6 Å². The van der Waals surface area contributed by atoms with E-state index in [0.717, 1.165) is 45.6 Å². The van der Waals surface area contributed by atoms with Crippen molar-refractivity contribution in [2.75, 3.05) is 26.2 Å². The van der Waals surface area contributed by atoms with E-state index < -0.39 is 0 Å². The van der Waals surface area contributed by atoms with Crippen LogP contribution in [0.5, 0.6) is 0 Å². The van der Waals surface area contributed by atoms with Crippen LogP contribution in [-0.4, -0.2) is 37.0 Å². The second kappa shape index (κ2) is 9.67. The molecule has 1 aliphatic heterocycles. The SMILES string of the molecule is CC1(CNC(=O)CN(Cc2ccccc2)Cc2ccccc2)CCNCC1. The second-order valence-electron chi connectivity index (χ2n) is 7.95. The van der Waals surface area contributed by atoms with Gasteiger partial charge in [-0.2, -0.15) is 0 Å². The molecule has 0 spiro atoms. The van der Waals surface area contributed by atoms with Crippen LogP contribution in [0, 0.1) is 5.41 Å². The first-order valence-electron chi connectivity index (χ1n) is 9.91. The van der Waals surface area contributed by atoms with Crippen LogP contribution in [0.1, 0.15) is 30.9 Å². The highest BCUT2D eigenvalue weighted by Gasteiger charge is 2.27. The summed E-state index contributed by atoms with van der Waals surface area (Å²) in [5, 5.41) is 6.58. The van der Waals surface area contributed by atoms with Crippen LogP contribution >= 0.6 is 0 Å². The molecule has 2 aromatic rings.